The van der Waals surface area contributed by atoms with Gasteiger partial charge in [0.1, 0.15) is 5.75 Å². The largest absolute Gasteiger partial charge is 0.493 e. The Bertz CT molecular complexity index is 565. The van der Waals surface area contributed by atoms with E-state index in [-0.39, 0.29) is 0 Å². The van der Waals surface area contributed by atoms with Crippen molar-refractivity contribution in [2.45, 2.75) is 13.0 Å². The van der Waals surface area contributed by atoms with E-state index in [0.29, 0.717) is 11.3 Å². The molecule has 0 fully saturated rings. The fraction of sp³-hybridized carbons (Fsp3) is 0.250. The van der Waals surface area contributed by atoms with Crippen molar-refractivity contribution in [1.29, 1.82) is 0 Å². The molecule has 1 aromatic carbocycles. The van der Waals surface area contributed by atoms with Gasteiger partial charge in [0.2, 0.25) is 0 Å². The van der Waals surface area contributed by atoms with E-state index >= 15 is 0 Å². The monoisotopic (exact) mass is 293 g/mol. The van der Waals surface area contributed by atoms with Crippen LogP contribution in [0.2, 0.25) is 0 Å². The van der Waals surface area contributed by atoms with Crippen LogP contribution in [0.4, 0.5) is 0 Å². The lowest BCUT2D eigenvalue weighted by atomic mass is 10.1. The van der Waals surface area contributed by atoms with Crippen LogP contribution < -0.4 is 10.5 Å². The topological polar surface area (TPSA) is 63.9 Å². The van der Waals surface area contributed by atoms with Gasteiger partial charge >= 0.3 is 0 Å². The molecule has 0 atom stereocenters. The molecule has 4 nitrogen and oxygen atoms in total. The number of rotatable bonds is 2. The number of hydrogen-bond donors (Lipinski definition) is 2. The maximum atomic E-state index is 5.70. The molecule has 0 unspecified atom stereocenters. The Labute approximate surface area is 107 Å². The molecule has 1 aliphatic heterocycles. The number of H-pyrrole nitrogens is 1. The molecule has 5 heteroatoms. The third kappa shape index (κ3) is 1.85. The van der Waals surface area contributed by atoms with Gasteiger partial charge in [0.15, 0.2) is 4.73 Å². The van der Waals surface area contributed by atoms with E-state index in [0.717, 1.165) is 35.7 Å². The van der Waals surface area contributed by atoms with Crippen LogP contribution in [0.3, 0.4) is 0 Å². The summed E-state index contributed by atoms with van der Waals surface area (Å²) in [6.07, 6.45) is 0.965. The minimum atomic E-state index is 0.446. The summed E-state index contributed by atoms with van der Waals surface area (Å²) in [6.45, 7) is 1.22. The Kier molecular flexibility index (Phi) is 2.64. The van der Waals surface area contributed by atoms with E-state index in [1.54, 1.807) is 0 Å². The second-order valence-corrected chi connectivity index (χ2v) is 4.73. The third-order valence-corrected chi connectivity index (χ3v) is 3.29. The van der Waals surface area contributed by atoms with Crippen LogP contribution in [0.5, 0.6) is 5.75 Å². The van der Waals surface area contributed by atoms with E-state index in [1.807, 2.05) is 12.1 Å². The standard InChI is InChI=1S/C12H12BrN3O/c13-12-15-9(6-14)11(16-12)8-1-2-10-7(5-8)3-4-17-10/h1-2,5H,3-4,6,14H2,(H,15,16). The molecule has 3 N–H and O–H groups in total. The summed E-state index contributed by atoms with van der Waals surface area (Å²) < 4.78 is 6.20. The Morgan fingerprint density at radius 1 is 1.47 bits per heavy atom. The fourth-order valence-corrected chi connectivity index (χ4v) is 2.51. The lowest BCUT2D eigenvalue weighted by molar-refractivity contribution is 0.357. The molecule has 0 spiro atoms. The second kappa shape index (κ2) is 4.16. The van der Waals surface area contributed by atoms with Crippen LogP contribution in [0.15, 0.2) is 22.9 Å². The first-order valence-electron chi connectivity index (χ1n) is 5.48. The van der Waals surface area contributed by atoms with Crippen LogP contribution >= 0.6 is 15.9 Å². The smallest absolute Gasteiger partial charge is 0.175 e. The van der Waals surface area contributed by atoms with E-state index in [9.17, 15) is 0 Å². The third-order valence-electron chi connectivity index (χ3n) is 2.92. The van der Waals surface area contributed by atoms with Gasteiger partial charge in [0, 0.05) is 18.5 Å². The number of halogens is 1. The molecular weight excluding hydrogens is 282 g/mol. The van der Waals surface area contributed by atoms with Gasteiger partial charge in [-0.1, -0.05) is 0 Å². The SMILES string of the molecule is NCc1[nH]c(Br)nc1-c1ccc2c(c1)CCO2. The summed E-state index contributed by atoms with van der Waals surface area (Å²) in [7, 11) is 0. The Morgan fingerprint density at radius 2 is 2.35 bits per heavy atom. The summed E-state index contributed by atoms with van der Waals surface area (Å²) in [5.41, 5.74) is 9.87. The molecule has 0 amide bonds. The van der Waals surface area contributed by atoms with E-state index in [2.05, 4.69) is 32.0 Å². The average Bonchev–Trinajstić information content (AvgIpc) is 2.93. The molecule has 2 heterocycles. The van der Waals surface area contributed by atoms with Crippen molar-refractivity contribution in [3.05, 3.63) is 34.2 Å². The van der Waals surface area contributed by atoms with Crippen LogP contribution in [0.25, 0.3) is 11.3 Å². The summed E-state index contributed by atoms with van der Waals surface area (Å²) in [5, 5.41) is 0. The molecular formula is C12H12BrN3O. The zero-order valence-electron chi connectivity index (χ0n) is 9.16. The number of nitrogens with one attached hydrogen (secondary N) is 1. The highest BCUT2D eigenvalue weighted by molar-refractivity contribution is 9.10. The summed E-state index contributed by atoms with van der Waals surface area (Å²) in [5.74, 6) is 0.984. The van der Waals surface area contributed by atoms with Crippen molar-refractivity contribution in [1.82, 2.24) is 9.97 Å². The number of fused-ring (bicyclic) bond motifs is 1. The van der Waals surface area contributed by atoms with Gasteiger partial charge in [0.05, 0.1) is 18.0 Å². The quantitative estimate of drug-likeness (QED) is 0.892. The van der Waals surface area contributed by atoms with Crippen LogP contribution in [-0.4, -0.2) is 16.6 Å². The highest BCUT2D eigenvalue weighted by atomic mass is 79.9. The lowest BCUT2D eigenvalue weighted by Gasteiger charge is -2.03. The molecule has 3 rings (SSSR count). The molecule has 1 aromatic heterocycles. The number of aromatic nitrogens is 2. The number of benzene rings is 1. The molecule has 0 radical (unpaired) electrons. The summed E-state index contributed by atoms with van der Waals surface area (Å²) >= 11 is 3.34. The second-order valence-electron chi connectivity index (χ2n) is 3.98. The molecule has 0 saturated heterocycles. The normalized spacial score (nSPS) is 13.5. The predicted octanol–water partition coefficient (Wildman–Crippen LogP) is 2.23. The first-order valence-corrected chi connectivity index (χ1v) is 6.28. The number of aromatic amines is 1. The molecule has 2 aromatic rings. The number of nitrogens with two attached hydrogens (primary N) is 1. The van der Waals surface area contributed by atoms with E-state index in [4.69, 9.17) is 10.5 Å². The maximum Gasteiger partial charge on any atom is 0.175 e. The number of imidazole rings is 1. The van der Waals surface area contributed by atoms with Crippen molar-refractivity contribution < 1.29 is 4.74 Å². The number of ether oxygens (including phenoxy) is 1. The highest BCUT2D eigenvalue weighted by Gasteiger charge is 2.15. The fourth-order valence-electron chi connectivity index (χ4n) is 2.10. The van der Waals surface area contributed by atoms with Crippen LogP contribution in [0.1, 0.15) is 11.3 Å². The van der Waals surface area contributed by atoms with E-state index < -0.39 is 0 Å². The van der Waals surface area contributed by atoms with Crippen molar-refractivity contribution >= 4 is 15.9 Å². The molecule has 0 saturated carbocycles. The zero-order valence-corrected chi connectivity index (χ0v) is 10.8. The molecule has 1 aliphatic rings. The molecule has 0 aliphatic carbocycles. The zero-order chi connectivity index (χ0) is 11.8. The van der Waals surface area contributed by atoms with Gasteiger partial charge in [-0.25, -0.2) is 4.98 Å². The Hall–Kier alpha value is -1.33. The van der Waals surface area contributed by atoms with Crippen LogP contribution in [-0.2, 0) is 13.0 Å². The van der Waals surface area contributed by atoms with Gasteiger partial charge in [-0.2, -0.15) is 0 Å². The van der Waals surface area contributed by atoms with Gasteiger partial charge in [-0.05, 0) is 39.7 Å². The molecule has 88 valence electrons. The Morgan fingerprint density at radius 3 is 3.18 bits per heavy atom. The van der Waals surface area contributed by atoms with Crippen molar-refractivity contribution in [3.8, 4) is 17.0 Å². The summed E-state index contributed by atoms with van der Waals surface area (Å²) in [4.78, 5) is 7.53. The lowest BCUT2D eigenvalue weighted by Crippen LogP contribution is -1.98. The average molecular weight is 294 g/mol. The van der Waals surface area contributed by atoms with Crippen LogP contribution in [0, 0.1) is 0 Å². The van der Waals surface area contributed by atoms with Crippen molar-refractivity contribution in [2.24, 2.45) is 5.73 Å². The minimum absolute atomic E-state index is 0.446. The first kappa shape index (κ1) is 10.8. The highest BCUT2D eigenvalue weighted by Crippen LogP contribution is 2.31. The first-order chi connectivity index (χ1) is 8.28. The van der Waals surface area contributed by atoms with Crippen molar-refractivity contribution in [3.63, 3.8) is 0 Å². The van der Waals surface area contributed by atoms with Gasteiger partial charge < -0.3 is 15.5 Å². The number of nitrogens with zero attached hydrogens (tertiary/aromatic N) is 1. The predicted molar refractivity (Wildman–Crippen MR) is 68.8 cm³/mol. The maximum absolute atomic E-state index is 5.70. The molecule has 0 bridgehead atoms. The molecule has 17 heavy (non-hydrogen) atoms. The van der Waals surface area contributed by atoms with Crippen molar-refractivity contribution in [2.75, 3.05) is 6.61 Å². The Balaban J connectivity index is 2.08. The van der Waals surface area contributed by atoms with Gasteiger partial charge in [-0.15, -0.1) is 0 Å². The van der Waals surface area contributed by atoms with Gasteiger partial charge in [-0.3, -0.25) is 0 Å². The minimum Gasteiger partial charge on any atom is -0.493 e. The van der Waals surface area contributed by atoms with Gasteiger partial charge in [0.25, 0.3) is 0 Å². The van der Waals surface area contributed by atoms with E-state index in [1.165, 1.54) is 5.56 Å². The summed E-state index contributed by atoms with van der Waals surface area (Å²) in [6, 6.07) is 6.15. The number of hydrogen-bond acceptors (Lipinski definition) is 3.